The van der Waals surface area contributed by atoms with Gasteiger partial charge in [-0.1, -0.05) is 0 Å². The molecule has 0 spiro atoms. The number of carbonyl (C=O) groups is 1. The monoisotopic (exact) mass is 408 g/mol. The van der Waals surface area contributed by atoms with E-state index in [4.69, 9.17) is 0 Å². The van der Waals surface area contributed by atoms with Crippen LogP contribution < -0.4 is 0 Å². The van der Waals surface area contributed by atoms with Gasteiger partial charge in [0, 0.05) is 0 Å². The molecule has 25 heavy (non-hydrogen) atoms. The van der Waals surface area contributed by atoms with Gasteiger partial charge in [0.2, 0.25) is 0 Å². The lowest BCUT2D eigenvalue weighted by Gasteiger charge is -2.39. The summed E-state index contributed by atoms with van der Waals surface area (Å²) in [6.45, 7) is -3.09. The number of ether oxygens (including phenoxy) is 2. The maximum Gasteiger partial charge on any atom is 0.508 e. The van der Waals surface area contributed by atoms with Gasteiger partial charge < -0.3 is 9.47 Å². The van der Waals surface area contributed by atoms with E-state index < -0.39 is 48.6 Å². The van der Waals surface area contributed by atoms with Crippen LogP contribution in [0.2, 0.25) is 0 Å². The van der Waals surface area contributed by atoms with E-state index in [1.54, 1.807) is 0 Å². The molecule has 0 N–H and O–H groups in total. The third-order valence-electron chi connectivity index (χ3n) is 2.54. The zero-order valence-electron chi connectivity index (χ0n) is 11.3. The van der Waals surface area contributed by atoms with Crippen LogP contribution in [0.5, 0.6) is 0 Å². The summed E-state index contributed by atoms with van der Waals surface area (Å²) >= 11 is 0. The molecule has 0 aliphatic carbocycles. The maximum absolute atomic E-state index is 13.0. The third kappa shape index (κ3) is 3.51. The standard InChI is InChI=1S/C9H5F13O3/c1-24-3(23)25-2-4(10,11)5(12,13)6(14,15)7(16,17)8(18,19)9(20,21)22/h2H2,1H3. The van der Waals surface area contributed by atoms with Crippen molar-refractivity contribution >= 4 is 6.16 Å². The Labute approximate surface area is 128 Å². The van der Waals surface area contributed by atoms with Crippen molar-refractivity contribution in [2.75, 3.05) is 13.7 Å². The average molecular weight is 408 g/mol. The highest BCUT2D eigenvalue weighted by molar-refractivity contribution is 5.59. The van der Waals surface area contributed by atoms with Crippen LogP contribution in [-0.2, 0) is 9.47 Å². The Morgan fingerprint density at radius 1 is 0.680 bits per heavy atom. The molecule has 16 heteroatoms. The maximum atomic E-state index is 13.0. The van der Waals surface area contributed by atoms with Gasteiger partial charge in [-0.25, -0.2) is 4.79 Å². The molecule has 0 amide bonds. The fourth-order valence-electron chi connectivity index (χ4n) is 1.10. The van der Waals surface area contributed by atoms with Crippen molar-refractivity contribution in [1.29, 1.82) is 0 Å². The number of carbonyl (C=O) groups excluding carboxylic acids is 1. The van der Waals surface area contributed by atoms with E-state index in [2.05, 4.69) is 9.47 Å². The van der Waals surface area contributed by atoms with E-state index in [0.29, 0.717) is 7.11 Å². The first-order valence-corrected chi connectivity index (χ1v) is 5.37. The molecule has 0 fully saturated rings. The minimum Gasteiger partial charge on any atom is -0.438 e. The van der Waals surface area contributed by atoms with Crippen LogP contribution in [0.3, 0.4) is 0 Å². The Morgan fingerprint density at radius 3 is 1.36 bits per heavy atom. The molecule has 0 saturated carbocycles. The summed E-state index contributed by atoms with van der Waals surface area (Å²) in [4.78, 5) is 10.3. The van der Waals surface area contributed by atoms with Gasteiger partial charge in [0.05, 0.1) is 7.11 Å². The van der Waals surface area contributed by atoms with Crippen molar-refractivity contribution in [3.63, 3.8) is 0 Å². The first-order valence-electron chi connectivity index (χ1n) is 5.37. The van der Waals surface area contributed by atoms with Crippen LogP contribution in [0.4, 0.5) is 61.9 Å². The highest BCUT2D eigenvalue weighted by Crippen LogP contribution is 2.60. The fraction of sp³-hybridized carbons (Fsp3) is 0.889. The van der Waals surface area contributed by atoms with Crippen LogP contribution >= 0.6 is 0 Å². The van der Waals surface area contributed by atoms with Crippen LogP contribution in [-0.4, -0.2) is 55.7 Å². The largest absolute Gasteiger partial charge is 0.508 e. The molecule has 0 radical (unpaired) electrons. The molecule has 0 aliphatic rings. The summed E-state index contributed by atoms with van der Waals surface area (Å²) in [6.07, 6.45) is -9.67. The number of hydrogen-bond donors (Lipinski definition) is 0. The smallest absolute Gasteiger partial charge is 0.438 e. The molecule has 150 valence electrons. The molecule has 0 bridgehead atoms. The zero-order chi connectivity index (χ0) is 20.7. The van der Waals surface area contributed by atoms with E-state index in [-0.39, 0.29) is 0 Å². The van der Waals surface area contributed by atoms with Crippen molar-refractivity contribution in [3.05, 3.63) is 0 Å². The highest BCUT2D eigenvalue weighted by atomic mass is 19.4. The lowest BCUT2D eigenvalue weighted by molar-refractivity contribution is -0.441. The zero-order valence-corrected chi connectivity index (χ0v) is 11.3. The van der Waals surface area contributed by atoms with Crippen molar-refractivity contribution < 1.29 is 71.3 Å². The summed E-state index contributed by atoms with van der Waals surface area (Å²) in [5.74, 6) is -37.7. The summed E-state index contributed by atoms with van der Waals surface area (Å²) in [7, 11) is 0.422. The van der Waals surface area contributed by atoms with E-state index in [1.807, 2.05) is 0 Å². The van der Waals surface area contributed by atoms with Gasteiger partial charge in [0.25, 0.3) is 0 Å². The van der Waals surface area contributed by atoms with Crippen molar-refractivity contribution in [2.45, 2.75) is 35.8 Å². The van der Waals surface area contributed by atoms with Crippen LogP contribution in [0.15, 0.2) is 0 Å². The number of hydrogen-bond acceptors (Lipinski definition) is 3. The first-order chi connectivity index (χ1) is 10.7. The summed E-state index contributed by atoms with van der Waals surface area (Å²) < 4.78 is 170. The quantitative estimate of drug-likeness (QED) is 0.480. The lowest BCUT2D eigenvalue weighted by atomic mass is 9.94. The molecular formula is C9H5F13O3. The lowest BCUT2D eigenvalue weighted by Crippen LogP contribution is -2.70. The molecule has 0 heterocycles. The van der Waals surface area contributed by atoms with Crippen LogP contribution in [0.25, 0.3) is 0 Å². The van der Waals surface area contributed by atoms with E-state index in [9.17, 15) is 61.9 Å². The van der Waals surface area contributed by atoms with Gasteiger partial charge in [-0.2, -0.15) is 57.1 Å². The predicted molar refractivity (Wildman–Crippen MR) is 49.1 cm³/mol. The molecule has 3 nitrogen and oxygen atoms in total. The number of halogens is 13. The third-order valence-corrected chi connectivity index (χ3v) is 2.54. The van der Waals surface area contributed by atoms with E-state index in [0.717, 1.165) is 0 Å². The van der Waals surface area contributed by atoms with Crippen molar-refractivity contribution in [1.82, 2.24) is 0 Å². The summed E-state index contributed by atoms with van der Waals surface area (Å²) in [5, 5.41) is 0. The van der Waals surface area contributed by atoms with Crippen LogP contribution in [0.1, 0.15) is 0 Å². The van der Waals surface area contributed by atoms with E-state index >= 15 is 0 Å². The van der Waals surface area contributed by atoms with Crippen LogP contribution in [0, 0.1) is 0 Å². The van der Waals surface area contributed by atoms with Gasteiger partial charge in [-0.3, -0.25) is 0 Å². The Kier molecular flexibility index (Phi) is 5.85. The normalized spacial score (nSPS) is 15.1. The first kappa shape index (κ1) is 23.4. The molecule has 0 aromatic carbocycles. The number of methoxy groups -OCH3 is 1. The minimum absolute atomic E-state index is 0.422. The topological polar surface area (TPSA) is 35.5 Å². The van der Waals surface area contributed by atoms with Gasteiger partial charge in [-0.05, 0) is 0 Å². The molecule has 0 aromatic heterocycles. The molecule has 0 saturated heterocycles. The van der Waals surface area contributed by atoms with Gasteiger partial charge in [-0.15, -0.1) is 0 Å². The number of alkyl halides is 13. The van der Waals surface area contributed by atoms with E-state index in [1.165, 1.54) is 0 Å². The average Bonchev–Trinajstić information content (AvgIpc) is 2.42. The van der Waals surface area contributed by atoms with Gasteiger partial charge in [0.15, 0.2) is 6.61 Å². The van der Waals surface area contributed by atoms with Gasteiger partial charge >= 0.3 is 41.9 Å². The second-order valence-electron chi connectivity index (χ2n) is 4.24. The highest BCUT2D eigenvalue weighted by Gasteiger charge is 2.90. The summed E-state index contributed by atoms with van der Waals surface area (Å²) in [5.41, 5.74) is 0. The van der Waals surface area contributed by atoms with Gasteiger partial charge in [0.1, 0.15) is 0 Å². The molecule has 0 atom stereocenters. The Balaban J connectivity index is 5.98. The minimum atomic E-state index is -7.99. The molecule has 0 aliphatic heterocycles. The Hall–Kier alpha value is -1.64. The second-order valence-corrected chi connectivity index (χ2v) is 4.24. The fourth-order valence-corrected chi connectivity index (χ4v) is 1.10. The number of rotatable bonds is 6. The predicted octanol–water partition coefficient (Wildman–Crippen LogP) is 4.51. The molecular weight excluding hydrogens is 403 g/mol. The van der Waals surface area contributed by atoms with Crippen molar-refractivity contribution in [2.24, 2.45) is 0 Å². The SMILES string of the molecule is COC(=O)OCC(F)(F)C(F)(F)C(F)(F)C(F)(F)C(F)(F)C(F)(F)F. The second kappa shape index (κ2) is 6.26. The summed E-state index contributed by atoms with van der Waals surface area (Å²) in [6, 6.07) is 0. The molecule has 0 unspecified atom stereocenters. The van der Waals surface area contributed by atoms with Crippen molar-refractivity contribution in [3.8, 4) is 0 Å². The molecule has 0 aromatic rings. The Bertz CT molecular complexity index is 495. The Morgan fingerprint density at radius 2 is 1.04 bits per heavy atom. The molecule has 0 rings (SSSR count).